The number of aromatic amines is 1. The summed E-state index contributed by atoms with van der Waals surface area (Å²) in [7, 11) is 0. The molecule has 46 heavy (non-hydrogen) atoms. The van der Waals surface area contributed by atoms with Crippen LogP contribution in [0, 0.1) is 5.41 Å². The van der Waals surface area contributed by atoms with Gasteiger partial charge in [-0.1, -0.05) is 54.6 Å². The maximum absolute atomic E-state index is 14.5. The Morgan fingerprint density at radius 3 is 2.22 bits per heavy atom. The number of carboxylic acids is 1. The Morgan fingerprint density at radius 1 is 0.913 bits per heavy atom. The first-order valence-electron chi connectivity index (χ1n) is 15.1. The molecule has 4 aliphatic rings. The van der Waals surface area contributed by atoms with E-state index >= 15 is 0 Å². The summed E-state index contributed by atoms with van der Waals surface area (Å²) in [4.78, 5) is 43.5. The molecule has 1 amide bonds. The molecule has 1 aromatic heterocycles. The number of carbonyl (C=O) groups is 2. The lowest BCUT2D eigenvalue weighted by Crippen LogP contribution is -2.79. The van der Waals surface area contributed by atoms with Gasteiger partial charge >= 0.3 is 12.1 Å². The van der Waals surface area contributed by atoms with Crippen molar-refractivity contribution in [2.24, 2.45) is 5.41 Å². The summed E-state index contributed by atoms with van der Waals surface area (Å²) in [6.07, 6.45) is -3.95. The van der Waals surface area contributed by atoms with Crippen molar-refractivity contribution >= 4 is 33.6 Å². The third kappa shape index (κ3) is 4.85. The normalized spacial score (nSPS) is 24.6. The van der Waals surface area contributed by atoms with Gasteiger partial charge in [0.2, 0.25) is 5.91 Å². The standard InChI is InChI=1S/C34H30F5N3O4/c35-33(36)11-13-42(14-12-33)32-16-31(17-32,18-32)30(46)41-25(29(44)45)15-19-5-3-8-21-20(19)7-4-9-22(21)26-27(34(37,38)39)23-6-1-2-10-24(23)40-28(26)43/h1-10,25H,11-18H2,(H,40,43)(H,41,46)(H,44,45)/t25-,31?,32?/m0/s1. The summed E-state index contributed by atoms with van der Waals surface area (Å²) in [6.45, 7) is 0.530. The molecule has 1 atom stereocenters. The van der Waals surface area contributed by atoms with Crippen molar-refractivity contribution in [3.63, 3.8) is 0 Å². The van der Waals surface area contributed by atoms with E-state index in [4.69, 9.17) is 0 Å². The average Bonchev–Trinajstić information content (AvgIpc) is 2.95. The Balaban J connectivity index is 1.16. The van der Waals surface area contributed by atoms with E-state index in [9.17, 15) is 41.4 Å². The van der Waals surface area contributed by atoms with Gasteiger partial charge in [-0.2, -0.15) is 13.2 Å². The second-order valence-corrected chi connectivity index (χ2v) is 13.0. The molecule has 12 heteroatoms. The van der Waals surface area contributed by atoms with Crippen LogP contribution in [-0.4, -0.2) is 57.5 Å². The number of aliphatic carboxylic acids is 1. The minimum atomic E-state index is -4.85. The van der Waals surface area contributed by atoms with Crippen molar-refractivity contribution in [1.29, 1.82) is 0 Å². The number of carbonyl (C=O) groups excluding carboxylic acids is 1. The summed E-state index contributed by atoms with van der Waals surface area (Å²) >= 11 is 0. The molecule has 3 N–H and O–H groups in total. The van der Waals surface area contributed by atoms with Crippen LogP contribution in [0.3, 0.4) is 0 Å². The number of halogens is 5. The molecular formula is C34H30F5N3O4. The lowest BCUT2D eigenvalue weighted by atomic mass is 9.38. The van der Waals surface area contributed by atoms with Crippen LogP contribution in [0.15, 0.2) is 65.5 Å². The number of benzene rings is 3. The van der Waals surface area contributed by atoms with Crippen LogP contribution < -0.4 is 10.9 Å². The number of amides is 1. The molecule has 240 valence electrons. The first kappa shape index (κ1) is 30.3. The van der Waals surface area contributed by atoms with Crippen molar-refractivity contribution in [1.82, 2.24) is 15.2 Å². The quantitative estimate of drug-likeness (QED) is 0.211. The monoisotopic (exact) mass is 639 g/mol. The number of alkyl halides is 5. The zero-order chi connectivity index (χ0) is 32.6. The fourth-order valence-electron chi connectivity index (χ4n) is 7.92. The predicted molar refractivity (Wildman–Crippen MR) is 161 cm³/mol. The Bertz CT molecular complexity index is 1940. The van der Waals surface area contributed by atoms with Gasteiger partial charge in [-0.15, -0.1) is 0 Å². The molecular weight excluding hydrogens is 609 g/mol. The minimum Gasteiger partial charge on any atom is -0.480 e. The Morgan fingerprint density at radius 2 is 1.54 bits per heavy atom. The fourth-order valence-corrected chi connectivity index (χ4v) is 7.92. The molecule has 4 fully saturated rings. The molecule has 1 aliphatic heterocycles. The van der Waals surface area contributed by atoms with E-state index in [0.29, 0.717) is 35.6 Å². The van der Waals surface area contributed by atoms with Crippen molar-refractivity contribution in [3.05, 3.63) is 82.1 Å². The van der Waals surface area contributed by atoms with Crippen molar-refractivity contribution in [2.45, 2.75) is 62.2 Å². The minimum absolute atomic E-state index is 0.0456. The number of hydrogen-bond acceptors (Lipinski definition) is 4. The third-order valence-electron chi connectivity index (χ3n) is 10.2. The van der Waals surface area contributed by atoms with E-state index in [0.717, 1.165) is 0 Å². The van der Waals surface area contributed by atoms with E-state index < -0.39 is 52.1 Å². The molecule has 0 radical (unpaired) electrons. The Labute approximate surface area is 259 Å². The highest BCUT2D eigenvalue weighted by atomic mass is 19.4. The van der Waals surface area contributed by atoms with Gasteiger partial charge in [0, 0.05) is 48.8 Å². The van der Waals surface area contributed by atoms with E-state index in [-0.39, 0.29) is 54.4 Å². The molecule has 3 saturated carbocycles. The highest BCUT2D eigenvalue weighted by molar-refractivity contribution is 6.01. The molecule has 2 bridgehead atoms. The van der Waals surface area contributed by atoms with E-state index in [1.807, 2.05) is 4.90 Å². The number of para-hydroxylation sites is 1. The number of H-pyrrole nitrogens is 1. The van der Waals surface area contributed by atoms with Crippen molar-refractivity contribution in [2.75, 3.05) is 13.1 Å². The number of aromatic nitrogens is 1. The van der Waals surface area contributed by atoms with Gasteiger partial charge in [0.25, 0.3) is 11.5 Å². The van der Waals surface area contributed by atoms with Crippen LogP contribution >= 0.6 is 0 Å². The molecule has 3 aromatic carbocycles. The molecule has 0 spiro atoms. The van der Waals surface area contributed by atoms with Crippen LogP contribution in [0.25, 0.3) is 32.8 Å². The van der Waals surface area contributed by atoms with Gasteiger partial charge in [-0.05, 0) is 47.2 Å². The number of nitrogens with one attached hydrogen (secondary N) is 2. The lowest BCUT2D eigenvalue weighted by Gasteiger charge is -2.73. The number of likely N-dealkylation sites (tertiary alicyclic amines) is 1. The number of rotatable bonds is 7. The average molecular weight is 640 g/mol. The third-order valence-corrected chi connectivity index (χ3v) is 10.2. The summed E-state index contributed by atoms with van der Waals surface area (Å²) in [6, 6.07) is 13.8. The second kappa shape index (κ2) is 10.3. The van der Waals surface area contributed by atoms with Crippen molar-refractivity contribution in [3.8, 4) is 11.1 Å². The molecule has 8 rings (SSSR count). The van der Waals surface area contributed by atoms with Gasteiger partial charge < -0.3 is 15.4 Å². The van der Waals surface area contributed by atoms with E-state index in [1.165, 1.54) is 36.4 Å². The van der Waals surface area contributed by atoms with E-state index in [2.05, 4.69) is 10.3 Å². The predicted octanol–water partition coefficient (Wildman–Crippen LogP) is 6.13. The molecule has 2 heterocycles. The number of fused-ring (bicyclic) bond motifs is 2. The van der Waals surface area contributed by atoms with Gasteiger partial charge in [0.1, 0.15) is 6.04 Å². The highest BCUT2D eigenvalue weighted by Crippen LogP contribution is 2.70. The lowest BCUT2D eigenvalue weighted by molar-refractivity contribution is -0.231. The number of nitrogens with zero attached hydrogens (tertiary/aromatic N) is 1. The SMILES string of the molecule is O=C(O)[C@H](Cc1cccc2c(-c3c(C(F)(F)F)c4ccccc4[nH]c3=O)cccc12)NC(=O)C12CC(N3CCC(F)(F)CC3)(C1)C2. The maximum atomic E-state index is 14.5. The summed E-state index contributed by atoms with van der Waals surface area (Å²) in [5.41, 5.74) is -2.95. The van der Waals surface area contributed by atoms with Crippen molar-refractivity contribution < 1.29 is 36.6 Å². The fraction of sp³-hybridized carbons (Fsp3) is 0.382. The topological polar surface area (TPSA) is 102 Å². The zero-order valence-electron chi connectivity index (χ0n) is 24.5. The molecule has 3 aliphatic carbocycles. The summed E-state index contributed by atoms with van der Waals surface area (Å²) in [5.74, 6) is -4.34. The highest BCUT2D eigenvalue weighted by Gasteiger charge is 2.73. The van der Waals surface area contributed by atoms with Crippen LogP contribution in [0.4, 0.5) is 22.0 Å². The maximum Gasteiger partial charge on any atom is 0.417 e. The molecule has 1 saturated heterocycles. The van der Waals surface area contributed by atoms with Gasteiger partial charge in [0.05, 0.1) is 16.5 Å². The summed E-state index contributed by atoms with van der Waals surface area (Å²) < 4.78 is 70.8. The molecule has 0 unspecified atom stereocenters. The molecule has 4 aromatic rings. The largest absolute Gasteiger partial charge is 0.480 e. The van der Waals surface area contributed by atoms with Gasteiger partial charge in [0.15, 0.2) is 0 Å². The number of piperidine rings is 1. The van der Waals surface area contributed by atoms with Crippen LogP contribution in [0.2, 0.25) is 0 Å². The first-order valence-corrected chi connectivity index (χ1v) is 15.1. The van der Waals surface area contributed by atoms with Gasteiger partial charge in [-0.25, -0.2) is 13.6 Å². The number of carboxylic acid groups (broad SMARTS) is 1. The van der Waals surface area contributed by atoms with Crippen LogP contribution in [-0.2, 0) is 22.2 Å². The van der Waals surface area contributed by atoms with Crippen LogP contribution in [0.1, 0.15) is 43.2 Å². The van der Waals surface area contributed by atoms with Crippen LogP contribution in [0.5, 0.6) is 0 Å². The second-order valence-electron chi connectivity index (χ2n) is 13.0. The smallest absolute Gasteiger partial charge is 0.417 e. The van der Waals surface area contributed by atoms with Gasteiger partial charge in [-0.3, -0.25) is 14.5 Å². The zero-order valence-corrected chi connectivity index (χ0v) is 24.5. The van der Waals surface area contributed by atoms with E-state index in [1.54, 1.807) is 24.3 Å². The number of hydrogen-bond donors (Lipinski definition) is 3. The Hall–Kier alpha value is -4.32. The molecule has 7 nitrogen and oxygen atoms in total. The number of pyridine rings is 1. The Kier molecular flexibility index (Phi) is 6.82. The summed E-state index contributed by atoms with van der Waals surface area (Å²) in [5, 5.41) is 13.4. The first-order chi connectivity index (χ1) is 21.7.